The molecule has 3 nitrogen and oxygen atoms in total. The predicted octanol–water partition coefficient (Wildman–Crippen LogP) is 3.78. The van der Waals surface area contributed by atoms with Crippen LogP contribution < -0.4 is 4.72 Å². The topological polar surface area (TPSA) is 46.2 Å². The molecular formula is C18H21NO2S. The first-order valence-electron chi connectivity index (χ1n) is 7.62. The van der Waals surface area contributed by atoms with E-state index in [1.807, 2.05) is 42.5 Å². The van der Waals surface area contributed by atoms with E-state index in [1.165, 1.54) is 0 Å². The standard InChI is InChI=1S/C18H21NO2S/c1-14(2)15-8-10-17(11-9-15)22(20,21)19-18(12-13-18)16-6-4-3-5-7-16/h3-11,14,19H,12-13H2,1-2H3. The van der Waals surface area contributed by atoms with Gasteiger partial charge in [-0.25, -0.2) is 13.1 Å². The summed E-state index contributed by atoms with van der Waals surface area (Å²) in [7, 11) is -3.50. The number of hydrogen-bond donors (Lipinski definition) is 1. The first kappa shape index (κ1) is 15.3. The van der Waals surface area contributed by atoms with E-state index in [-0.39, 0.29) is 0 Å². The van der Waals surface area contributed by atoms with Gasteiger partial charge in [0.25, 0.3) is 0 Å². The highest BCUT2D eigenvalue weighted by atomic mass is 32.2. The minimum Gasteiger partial charge on any atom is -0.207 e. The smallest absolute Gasteiger partial charge is 0.207 e. The minimum absolute atomic E-state index is 0.333. The summed E-state index contributed by atoms with van der Waals surface area (Å²) in [6.45, 7) is 4.19. The molecule has 0 amide bonds. The zero-order valence-electron chi connectivity index (χ0n) is 12.9. The van der Waals surface area contributed by atoms with Crippen LogP contribution in [0.2, 0.25) is 0 Å². The van der Waals surface area contributed by atoms with Crippen LogP contribution in [0.15, 0.2) is 59.5 Å². The van der Waals surface area contributed by atoms with E-state index < -0.39 is 15.6 Å². The summed E-state index contributed by atoms with van der Waals surface area (Å²) >= 11 is 0. The van der Waals surface area contributed by atoms with Crippen LogP contribution in [0.5, 0.6) is 0 Å². The zero-order valence-corrected chi connectivity index (χ0v) is 13.7. The van der Waals surface area contributed by atoms with Crippen LogP contribution in [0.25, 0.3) is 0 Å². The summed E-state index contributed by atoms with van der Waals surface area (Å²) in [4.78, 5) is 0.333. The lowest BCUT2D eigenvalue weighted by Gasteiger charge is -2.18. The fourth-order valence-corrected chi connectivity index (χ4v) is 4.13. The van der Waals surface area contributed by atoms with Crippen molar-refractivity contribution in [3.05, 3.63) is 65.7 Å². The van der Waals surface area contributed by atoms with Crippen molar-refractivity contribution in [2.75, 3.05) is 0 Å². The number of benzene rings is 2. The maximum absolute atomic E-state index is 12.6. The summed E-state index contributed by atoms with van der Waals surface area (Å²) in [5, 5.41) is 0. The maximum atomic E-state index is 12.6. The molecule has 4 heteroatoms. The molecule has 3 rings (SSSR count). The molecule has 1 aliphatic carbocycles. The molecular weight excluding hydrogens is 294 g/mol. The van der Waals surface area contributed by atoms with Gasteiger partial charge in [-0.3, -0.25) is 0 Å². The Balaban J connectivity index is 1.85. The molecule has 1 fully saturated rings. The van der Waals surface area contributed by atoms with Crippen LogP contribution in [-0.4, -0.2) is 8.42 Å². The van der Waals surface area contributed by atoms with Crippen molar-refractivity contribution >= 4 is 10.0 Å². The van der Waals surface area contributed by atoms with Gasteiger partial charge in [-0.2, -0.15) is 0 Å². The second-order valence-electron chi connectivity index (χ2n) is 6.28. The molecule has 22 heavy (non-hydrogen) atoms. The van der Waals surface area contributed by atoms with Crippen molar-refractivity contribution in [3.8, 4) is 0 Å². The van der Waals surface area contributed by atoms with Crippen LogP contribution in [-0.2, 0) is 15.6 Å². The van der Waals surface area contributed by atoms with E-state index >= 15 is 0 Å². The third-order valence-corrected chi connectivity index (χ3v) is 5.82. The lowest BCUT2D eigenvalue weighted by molar-refractivity contribution is 0.551. The van der Waals surface area contributed by atoms with Crippen LogP contribution in [0.1, 0.15) is 43.7 Å². The SMILES string of the molecule is CC(C)c1ccc(S(=O)(=O)NC2(c3ccccc3)CC2)cc1. The van der Waals surface area contributed by atoms with Crippen LogP contribution in [0, 0.1) is 0 Å². The highest BCUT2D eigenvalue weighted by molar-refractivity contribution is 7.89. The van der Waals surface area contributed by atoms with E-state index in [9.17, 15) is 8.42 Å². The van der Waals surface area contributed by atoms with E-state index in [1.54, 1.807) is 12.1 Å². The Morgan fingerprint density at radius 2 is 1.55 bits per heavy atom. The number of nitrogens with one attached hydrogen (secondary N) is 1. The molecule has 0 spiro atoms. The molecule has 2 aromatic rings. The van der Waals surface area contributed by atoms with Gasteiger partial charge < -0.3 is 0 Å². The summed E-state index contributed by atoms with van der Waals surface area (Å²) in [5.74, 6) is 0.392. The van der Waals surface area contributed by atoms with Gasteiger partial charge in [0, 0.05) is 0 Å². The van der Waals surface area contributed by atoms with Crippen molar-refractivity contribution in [1.82, 2.24) is 4.72 Å². The average molecular weight is 315 g/mol. The van der Waals surface area contributed by atoms with E-state index in [0.717, 1.165) is 24.0 Å². The number of hydrogen-bond acceptors (Lipinski definition) is 2. The molecule has 0 atom stereocenters. The fourth-order valence-electron chi connectivity index (χ4n) is 2.68. The second-order valence-corrected chi connectivity index (χ2v) is 7.96. The Labute approximate surface area is 132 Å². The molecule has 1 aliphatic rings. The van der Waals surface area contributed by atoms with Gasteiger partial charge in [0.05, 0.1) is 10.4 Å². The molecule has 0 radical (unpaired) electrons. The van der Waals surface area contributed by atoms with E-state index in [4.69, 9.17) is 0 Å². The summed E-state index contributed by atoms with van der Waals surface area (Å²) in [6, 6.07) is 17.0. The fraction of sp³-hybridized carbons (Fsp3) is 0.333. The Morgan fingerprint density at radius 3 is 2.05 bits per heavy atom. The van der Waals surface area contributed by atoms with Gasteiger partial charge in [-0.15, -0.1) is 0 Å². The van der Waals surface area contributed by atoms with Crippen molar-refractivity contribution in [2.24, 2.45) is 0 Å². The van der Waals surface area contributed by atoms with Crippen molar-refractivity contribution < 1.29 is 8.42 Å². The molecule has 2 aromatic carbocycles. The zero-order chi connectivity index (χ0) is 15.8. The van der Waals surface area contributed by atoms with E-state index in [2.05, 4.69) is 18.6 Å². The Morgan fingerprint density at radius 1 is 0.955 bits per heavy atom. The molecule has 1 N–H and O–H groups in total. The normalized spacial score (nSPS) is 16.7. The summed E-state index contributed by atoms with van der Waals surface area (Å²) in [5.41, 5.74) is 1.76. The van der Waals surface area contributed by atoms with Crippen LogP contribution in [0.3, 0.4) is 0 Å². The molecule has 1 saturated carbocycles. The van der Waals surface area contributed by atoms with Gasteiger partial charge in [-0.05, 0) is 42.0 Å². The molecule has 0 saturated heterocycles. The van der Waals surface area contributed by atoms with Crippen molar-refractivity contribution in [2.45, 2.75) is 43.0 Å². The average Bonchev–Trinajstić information content (AvgIpc) is 3.28. The molecule has 0 bridgehead atoms. The minimum atomic E-state index is -3.50. The monoisotopic (exact) mass is 315 g/mol. The molecule has 116 valence electrons. The Bertz CT molecular complexity index is 745. The third-order valence-electron chi connectivity index (χ3n) is 4.26. The molecule has 0 heterocycles. The van der Waals surface area contributed by atoms with Crippen LogP contribution >= 0.6 is 0 Å². The van der Waals surface area contributed by atoms with E-state index in [0.29, 0.717) is 10.8 Å². The second kappa shape index (κ2) is 5.52. The molecule has 0 aromatic heterocycles. The Kier molecular flexibility index (Phi) is 3.83. The largest absolute Gasteiger partial charge is 0.241 e. The predicted molar refractivity (Wildman–Crippen MR) is 88.2 cm³/mol. The molecule has 0 aliphatic heterocycles. The summed E-state index contributed by atoms with van der Waals surface area (Å²) in [6.07, 6.45) is 1.70. The van der Waals surface area contributed by atoms with Gasteiger partial charge in [-0.1, -0.05) is 56.3 Å². The maximum Gasteiger partial charge on any atom is 0.241 e. The van der Waals surface area contributed by atoms with Gasteiger partial charge in [0.1, 0.15) is 0 Å². The first-order chi connectivity index (χ1) is 10.4. The lowest BCUT2D eigenvalue weighted by Crippen LogP contribution is -2.34. The number of sulfonamides is 1. The summed E-state index contributed by atoms with van der Waals surface area (Å²) < 4.78 is 28.2. The third kappa shape index (κ3) is 2.94. The quantitative estimate of drug-likeness (QED) is 0.912. The van der Waals surface area contributed by atoms with Crippen molar-refractivity contribution in [3.63, 3.8) is 0 Å². The first-order valence-corrected chi connectivity index (χ1v) is 9.11. The van der Waals surface area contributed by atoms with Crippen molar-refractivity contribution in [1.29, 1.82) is 0 Å². The highest BCUT2D eigenvalue weighted by Crippen LogP contribution is 2.46. The lowest BCUT2D eigenvalue weighted by atomic mass is 10.0. The van der Waals surface area contributed by atoms with Crippen LogP contribution in [0.4, 0.5) is 0 Å². The number of rotatable bonds is 5. The van der Waals surface area contributed by atoms with Gasteiger partial charge >= 0.3 is 0 Å². The van der Waals surface area contributed by atoms with Gasteiger partial charge in [0.2, 0.25) is 10.0 Å². The van der Waals surface area contributed by atoms with Gasteiger partial charge in [0.15, 0.2) is 0 Å². The Hall–Kier alpha value is -1.65. The molecule has 0 unspecified atom stereocenters. The highest BCUT2D eigenvalue weighted by Gasteiger charge is 2.47.